The van der Waals surface area contributed by atoms with E-state index in [4.69, 9.17) is 102 Å². The number of carbonyl (C=O) groups excluding carboxylic acids is 3. The molecule has 17 nitrogen and oxygen atoms in total. The summed E-state index contributed by atoms with van der Waals surface area (Å²) in [5, 5.41) is 16.7. The fraction of sp³-hybridized carbons (Fsp3) is 0.426. The Labute approximate surface area is 444 Å². The zero-order valence-corrected chi connectivity index (χ0v) is 45.1. The average molecular weight is 1150 g/mol. The lowest BCUT2D eigenvalue weighted by molar-refractivity contribution is -0.146. The van der Waals surface area contributed by atoms with E-state index < -0.39 is 59.7 Å². The molecule has 0 bridgehead atoms. The van der Waals surface area contributed by atoms with Gasteiger partial charge in [-0.3, -0.25) is 23.8 Å². The van der Waals surface area contributed by atoms with Crippen molar-refractivity contribution in [2.75, 3.05) is 44.0 Å². The second kappa shape index (κ2) is 29.5. The number of carboxylic acids is 2. The standard InChI is InChI=1S/C17H11Cl2F3O5.C14H20ClNO2.C11H13Cl2NO3.C5H12NO4P/c1-8(15(23)24)26-16(25)11-7-10(3-4-12(11)18)27-14-5-2-9(6-13(14)19)17(20,21)22;1-4-11-7-6-8-12(5-2)14(11)16(10-18-3)13(17)9-15;1-11(2)14(10(15)9(12)13)6-8(17-11)7-4-3-5-16-7;1-11(9,10)3-2-4(6)5(7)8/h2-8H,1H3,(H,23,24);6-8H,4-5,9-10H2,1-3H3;3-5,8-9H,6H2,1-2H3;4H,2-3,6H2,1H3,(H,7,8)(H,9,10)/t8-;;;/m0.../s1. The van der Waals surface area contributed by atoms with Gasteiger partial charge in [-0.2, -0.15) is 13.2 Å². The zero-order valence-electron chi connectivity index (χ0n) is 40.5. The van der Waals surface area contributed by atoms with Crippen LogP contribution in [0.4, 0.5) is 18.9 Å². The van der Waals surface area contributed by atoms with Gasteiger partial charge in [-0.25, -0.2) is 9.59 Å². The summed E-state index contributed by atoms with van der Waals surface area (Å²) >= 11 is 28.6. The minimum atomic E-state index is -4.56. The molecule has 0 saturated carbocycles. The van der Waals surface area contributed by atoms with Gasteiger partial charge in [-0.05, 0) is 99.7 Å². The van der Waals surface area contributed by atoms with Crippen LogP contribution in [0.1, 0.15) is 80.0 Å². The molecular weight excluding hydrogens is 1100 g/mol. The molecule has 3 unspecified atom stereocenters. The molecule has 1 aliphatic rings. The number of amides is 2. The maximum atomic E-state index is 12.7. The highest BCUT2D eigenvalue weighted by molar-refractivity contribution is 7.57. The van der Waals surface area contributed by atoms with Crippen molar-refractivity contribution in [1.82, 2.24) is 4.90 Å². The van der Waals surface area contributed by atoms with Crippen LogP contribution in [0.15, 0.2) is 77.4 Å². The van der Waals surface area contributed by atoms with Crippen molar-refractivity contribution in [3.8, 4) is 11.5 Å². The number of methoxy groups -OCH3 is 1. The van der Waals surface area contributed by atoms with Gasteiger partial charge in [0, 0.05) is 19.9 Å². The van der Waals surface area contributed by atoms with Gasteiger partial charge in [-0.15, -0.1) is 11.6 Å². The first-order chi connectivity index (χ1) is 33.9. The monoisotopic (exact) mass is 1150 g/mol. The molecule has 1 aliphatic heterocycles. The number of nitrogens with two attached hydrogens (primary N) is 1. The Kier molecular flexibility index (Phi) is 26.1. The van der Waals surface area contributed by atoms with Crippen molar-refractivity contribution in [2.24, 2.45) is 5.73 Å². The second-order valence-corrected chi connectivity index (χ2v) is 20.8. The molecule has 2 amide bonds. The number of carbonyl (C=O) groups is 5. The van der Waals surface area contributed by atoms with E-state index >= 15 is 0 Å². The molecule has 1 aromatic heterocycles. The van der Waals surface area contributed by atoms with Gasteiger partial charge in [0.1, 0.15) is 47.7 Å². The maximum Gasteiger partial charge on any atom is 0.416 e. The number of furan rings is 1. The first-order valence-electron chi connectivity index (χ1n) is 21.7. The third kappa shape index (κ3) is 20.6. The smallest absolute Gasteiger partial charge is 0.416 e. The van der Waals surface area contributed by atoms with Crippen molar-refractivity contribution in [2.45, 2.75) is 88.9 Å². The number of aryl methyl sites for hydroxylation is 2. The summed E-state index contributed by atoms with van der Waals surface area (Å²) in [5.74, 6) is -3.36. The number of halogens is 8. The summed E-state index contributed by atoms with van der Waals surface area (Å²) in [6.07, 6.45) is -2.92. The van der Waals surface area contributed by atoms with Crippen LogP contribution in [0.3, 0.4) is 0 Å². The van der Waals surface area contributed by atoms with Crippen LogP contribution in [-0.4, -0.2) is 112 Å². The van der Waals surface area contributed by atoms with E-state index in [1.54, 1.807) is 38.2 Å². The second-order valence-electron chi connectivity index (χ2n) is 16.1. The van der Waals surface area contributed by atoms with Crippen LogP contribution in [0.2, 0.25) is 10.0 Å². The summed E-state index contributed by atoms with van der Waals surface area (Å²) in [6.45, 7) is 10.7. The first-order valence-corrected chi connectivity index (χ1v) is 26.2. The molecule has 0 aliphatic carbocycles. The van der Waals surface area contributed by atoms with Crippen molar-refractivity contribution in [3.63, 3.8) is 0 Å². The van der Waals surface area contributed by atoms with Gasteiger partial charge in [0.15, 0.2) is 18.3 Å². The van der Waals surface area contributed by atoms with E-state index in [1.807, 2.05) is 24.3 Å². The molecule has 3 aromatic carbocycles. The van der Waals surface area contributed by atoms with Gasteiger partial charge >= 0.3 is 24.1 Å². The van der Waals surface area contributed by atoms with Crippen molar-refractivity contribution in [1.29, 1.82) is 0 Å². The third-order valence-corrected chi connectivity index (χ3v) is 12.4. The Bertz CT molecular complexity index is 2510. The van der Waals surface area contributed by atoms with Gasteiger partial charge in [0.05, 0.1) is 39.7 Å². The predicted octanol–water partition coefficient (Wildman–Crippen LogP) is 10.8. The number of aliphatic carboxylic acids is 2. The van der Waals surface area contributed by atoms with Crippen LogP contribution in [0.25, 0.3) is 0 Å². The van der Waals surface area contributed by atoms with Crippen LogP contribution in [0, 0.1) is 0 Å². The molecule has 4 atom stereocenters. The molecule has 1 saturated heterocycles. The maximum absolute atomic E-state index is 12.7. The van der Waals surface area contributed by atoms with E-state index in [1.165, 1.54) is 23.7 Å². The van der Waals surface area contributed by atoms with E-state index in [2.05, 4.69) is 13.8 Å². The lowest BCUT2D eigenvalue weighted by Crippen LogP contribution is -2.45. The van der Waals surface area contributed by atoms with E-state index in [0.717, 1.165) is 54.8 Å². The molecular formula is C47H56Cl5F3N3O14P. The number of anilines is 1. The molecule has 2 heterocycles. The van der Waals surface area contributed by atoms with Crippen molar-refractivity contribution in [3.05, 3.63) is 111 Å². The van der Waals surface area contributed by atoms with E-state index in [-0.39, 0.29) is 70.2 Å². The van der Waals surface area contributed by atoms with Crippen LogP contribution in [0.5, 0.6) is 11.5 Å². The molecule has 5 rings (SSSR count). The van der Waals surface area contributed by atoms with Crippen LogP contribution >= 0.6 is 65.4 Å². The highest BCUT2D eigenvalue weighted by Gasteiger charge is 2.45. The fourth-order valence-electron chi connectivity index (χ4n) is 6.34. The molecule has 26 heteroatoms. The Morgan fingerprint density at radius 2 is 1.58 bits per heavy atom. The molecule has 0 spiro atoms. The fourth-order valence-corrected chi connectivity index (χ4v) is 7.89. The summed E-state index contributed by atoms with van der Waals surface area (Å²) in [5.41, 5.74) is 6.48. The van der Waals surface area contributed by atoms with E-state index in [0.29, 0.717) is 18.4 Å². The highest BCUT2D eigenvalue weighted by atomic mass is 35.5. The Hall–Kier alpha value is -4.60. The number of alkyl halides is 6. The predicted molar refractivity (Wildman–Crippen MR) is 270 cm³/mol. The molecule has 1 fully saturated rings. The number of para-hydroxylation sites is 1. The van der Waals surface area contributed by atoms with E-state index in [9.17, 15) is 41.7 Å². The van der Waals surface area contributed by atoms with Gasteiger partial charge < -0.3 is 49.1 Å². The number of hydrogen-bond donors (Lipinski definition) is 4. The number of hydrogen-bond acceptors (Lipinski definition) is 12. The lowest BCUT2D eigenvalue weighted by Gasteiger charge is -2.29. The quantitative estimate of drug-likeness (QED) is 0.0332. The van der Waals surface area contributed by atoms with Gasteiger partial charge in [0.25, 0.3) is 5.91 Å². The minimum absolute atomic E-state index is 0.0246. The molecule has 73 heavy (non-hydrogen) atoms. The van der Waals surface area contributed by atoms with Crippen LogP contribution in [-0.2, 0) is 57.0 Å². The van der Waals surface area contributed by atoms with Gasteiger partial charge in [-0.1, -0.05) is 78.5 Å². The molecule has 5 N–H and O–H groups in total. The molecule has 404 valence electrons. The molecule has 4 aromatic rings. The third-order valence-electron chi connectivity index (χ3n) is 10.1. The largest absolute Gasteiger partial charge is 0.480 e. The average Bonchev–Trinajstić information content (AvgIpc) is 3.98. The Morgan fingerprint density at radius 1 is 0.959 bits per heavy atom. The number of nitrogens with zero attached hydrogens (tertiary/aromatic N) is 2. The normalized spacial score (nSPS) is 15.4. The number of ether oxygens (including phenoxy) is 4. The number of esters is 1. The zero-order chi connectivity index (χ0) is 55.6. The number of rotatable bonds is 17. The minimum Gasteiger partial charge on any atom is -0.480 e. The highest BCUT2D eigenvalue weighted by Crippen LogP contribution is 2.39. The summed E-state index contributed by atoms with van der Waals surface area (Å²) in [4.78, 5) is 67.5. The lowest BCUT2D eigenvalue weighted by atomic mass is 10.0. The summed E-state index contributed by atoms with van der Waals surface area (Å²) in [7, 11) is -1.52. The Balaban J connectivity index is 0.000000350. The first kappa shape index (κ1) is 64.5. The SMILES string of the molecule is CC1(C)OC(c2ccco2)CN1C(=O)C(Cl)Cl.CCc1cccc(CC)c1N(COC)C(=O)CCl.CP(=O)(O)CCC(N)C(=O)O.C[C@H](OC(=O)c1cc(Oc2ccc(C(F)(F)F)cc2Cl)ccc1Cl)C(=O)O. The Morgan fingerprint density at radius 3 is 2.04 bits per heavy atom. The number of carboxylic acid groups (broad SMARTS) is 2. The number of benzene rings is 3. The topological polar surface area (TPSA) is 246 Å². The molecule has 0 radical (unpaired) electrons. The van der Waals surface area contributed by atoms with Gasteiger partial charge in [0.2, 0.25) is 5.91 Å². The van der Waals surface area contributed by atoms with Crippen LogP contribution < -0.4 is 15.4 Å². The van der Waals surface area contributed by atoms with Crippen molar-refractivity contribution < 1.29 is 80.2 Å². The van der Waals surface area contributed by atoms with Crippen molar-refractivity contribution >= 4 is 101 Å². The summed E-state index contributed by atoms with van der Waals surface area (Å²) < 4.78 is 74.9. The summed E-state index contributed by atoms with van der Waals surface area (Å²) in [6, 6.07) is 15.0.